The molecule has 1 rings (SSSR count). The molecule has 0 saturated carbocycles. The van der Waals surface area contributed by atoms with Crippen molar-refractivity contribution in [1.29, 1.82) is 0 Å². The highest BCUT2D eigenvalue weighted by Crippen LogP contribution is 2.23. The largest absolute Gasteiger partial charge is 0.469 e. The molecule has 0 bridgehead atoms. The molecule has 1 aliphatic rings. The molecule has 6 heteroatoms. The molecule has 0 radical (unpaired) electrons. The van der Waals surface area contributed by atoms with Crippen molar-refractivity contribution in [1.82, 2.24) is 10.2 Å². The molecule has 5 nitrogen and oxygen atoms in total. The Hall–Kier alpha value is -0.910. The fourth-order valence-electron chi connectivity index (χ4n) is 2.20. The first kappa shape index (κ1) is 15.1. The van der Waals surface area contributed by atoms with Gasteiger partial charge in [-0.05, 0) is 12.2 Å². The number of methoxy groups -OCH3 is 1. The minimum atomic E-state index is -0.121. The molecule has 0 spiro atoms. The summed E-state index contributed by atoms with van der Waals surface area (Å²) in [5, 5.41) is 3.31. The normalized spacial score (nSPS) is 24.2. The van der Waals surface area contributed by atoms with E-state index in [-0.39, 0.29) is 11.9 Å². The van der Waals surface area contributed by atoms with Crippen molar-refractivity contribution >= 4 is 23.7 Å². The molecule has 0 amide bonds. The second-order valence-electron chi connectivity index (χ2n) is 4.48. The first-order chi connectivity index (χ1) is 8.63. The Morgan fingerprint density at radius 2 is 2.28 bits per heavy atom. The van der Waals surface area contributed by atoms with E-state index in [0.717, 1.165) is 24.8 Å². The van der Waals surface area contributed by atoms with E-state index in [1.165, 1.54) is 7.11 Å². The van der Waals surface area contributed by atoms with E-state index in [2.05, 4.69) is 28.4 Å². The maximum Gasteiger partial charge on any atom is 0.310 e. The highest BCUT2D eigenvalue weighted by Gasteiger charge is 2.36. The van der Waals surface area contributed by atoms with Gasteiger partial charge in [0.15, 0.2) is 5.96 Å². The molecule has 0 aromatic carbocycles. The molecular formula is C12H23N3O2S. The van der Waals surface area contributed by atoms with Gasteiger partial charge in [0, 0.05) is 32.4 Å². The molecule has 1 fully saturated rings. The number of hydrogen-bond donors (Lipinski definition) is 1. The lowest BCUT2D eigenvalue weighted by Gasteiger charge is -2.21. The summed E-state index contributed by atoms with van der Waals surface area (Å²) in [4.78, 5) is 18.0. The number of guanidine groups is 1. The standard InChI is InChI=1S/C12H23N3O2S/c1-9-7-15(8-10(9)11(16)17-3)12(13-2)14-5-6-18-4/h9-10H,5-8H2,1-4H3,(H,13,14). The number of nitrogens with one attached hydrogen (secondary N) is 1. The van der Waals surface area contributed by atoms with Gasteiger partial charge < -0.3 is 15.0 Å². The van der Waals surface area contributed by atoms with Gasteiger partial charge in [0.05, 0.1) is 13.0 Å². The van der Waals surface area contributed by atoms with E-state index in [9.17, 15) is 4.79 Å². The van der Waals surface area contributed by atoms with Crippen LogP contribution in [0.25, 0.3) is 0 Å². The predicted molar refractivity (Wildman–Crippen MR) is 76.0 cm³/mol. The van der Waals surface area contributed by atoms with Crippen molar-refractivity contribution in [3.63, 3.8) is 0 Å². The predicted octanol–water partition coefficient (Wildman–Crippen LogP) is 0.666. The van der Waals surface area contributed by atoms with E-state index in [1.807, 2.05) is 0 Å². The quantitative estimate of drug-likeness (QED) is 0.353. The van der Waals surface area contributed by atoms with Crippen LogP contribution in [-0.2, 0) is 9.53 Å². The summed E-state index contributed by atoms with van der Waals surface area (Å²) < 4.78 is 4.84. The number of aliphatic imine (C=N–C) groups is 1. The van der Waals surface area contributed by atoms with E-state index >= 15 is 0 Å². The van der Waals surface area contributed by atoms with Gasteiger partial charge in [-0.1, -0.05) is 6.92 Å². The number of rotatable bonds is 4. The lowest BCUT2D eigenvalue weighted by atomic mass is 9.99. The van der Waals surface area contributed by atoms with Crippen molar-refractivity contribution in [3.8, 4) is 0 Å². The van der Waals surface area contributed by atoms with Gasteiger partial charge in [-0.15, -0.1) is 0 Å². The Labute approximate surface area is 113 Å². The fraction of sp³-hybridized carbons (Fsp3) is 0.833. The third-order valence-electron chi connectivity index (χ3n) is 3.22. The van der Waals surface area contributed by atoms with E-state index in [1.54, 1.807) is 18.8 Å². The number of carbonyl (C=O) groups excluding carboxylic acids is 1. The summed E-state index contributed by atoms with van der Waals surface area (Å²) in [5.41, 5.74) is 0. The number of ether oxygens (including phenoxy) is 1. The van der Waals surface area contributed by atoms with Crippen molar-refractivity contribution in [2.24, 2.45) is 16.8 Å². The van der Waals surface area contributed by atoms with Crippen LogP contribution < -0.4 is 5.32 Å². The molecule has 104 valence electrons. The summed E-state index contributed by atoms with van der Waals surface area (Å²) in [6.07, 6.45) is 2.08. The van der Waals surface area contributed by atoms with Crippen LogP contribution in [0.2, 0.25) is 0 Å². The Balaban J connectivity index is 2.54. The zero-order valence-corrected chi connectivity index (χ0v) is 12.4. The lowest BCUT2D eigenvalue weighted by molar-refractivity contribution is -0.145. The molecule has 18 heavy (non-hydrogen) atoms. The third-order valence-corrected chi connectivity index (χ3v) is 3.83. The van der Waals surface area contributed by atoms with Crippen LogP contribution in [0.5, 0.6) is 0 Å². The van der Waals surface area contributed by atoms with Crippen LogP contribution in [0.3, 0.4) is 0 Å². The van der Waals surface area contributed by atoms with Crippen molar-refractivity contribution in [2.45, 2.75) is 6.92 Å². The minimum Gasteiger partial charge on any atom is -0.469 e. The fourth-order valence-corrected chi connectivity index (χ4v) is 2.50. The van der Waals surface area contributed by atoms with Gasteiger partial charge in [-0.3, -0.25) is 9.79 Å². The Bertz CT molecular complexity index is 310. The van der Waals surface area contributed by atoms with Crippen LogP contribution in [0, 0.1) is 11.8 Å². The molecule has 0 aromatic heterocycles. The molecule has 2 unspecified atom stereocenters. The van der Waals surface area contributed by atoms with Crippen LogP contribution >= 0.6 is 11.8 Å². The van der Waals surface area contributed by atoms with Crippen LogP contribution in [0.1, 0.15) is 6.92 Å². The first-order valence-electron chi connectivity index (χ1n) is 6.16. The van der Waals surface area contributed by atoms with E-state index < -0.39 is 0 Å². The smallest absolute Gasteiger partial charge is 0.310 e. The summed E-state index contributed by atoms with van der Waals surface area (Å²) >= 11 is 1.80. The van der Waals surface area contributed by atoms with Gasteiger partial charge in [-0.25, -0.2) is 0 Å². The van der Waals surface area contributed by atoms with Crippen molar-refractivity contribution < 1.29 is 9.53 Å². The zero-order valence-electron chi connectivity index (χ0n) is 11.6. The molecule has 1 heterocycles. The maximum absolute atomic E-state index is 11.6. The van der Waals surface area contributed by atoms with Gasteiger partial charge in [0.25, 0.3) is 0 Å². The summed E-state index contributed by atoms with van der Waals surface area (Å²) in [6.45, 7) is 4.50. The van der Waals surface area contributed by atoms with Gasteiger partial charge in [0.2, 0.25) is 0 Å². The molecule has 2 atom stereocenters. The average molecular weight is 273 g/mol. The van der Waals surface area contributed by atoms with E-state index in [0.29, 0.717) is 12.5 Å². The average Bonchev–Trinajstić information content (AvgIpc) is 2.76. The van der Waals surface area contributed by atoms with Gasteiger partial charge >= 0.3 is 5.97 Å². The van der Waals surface area contributed by atoms with Crippen LogP contribution in [0.4, 0.5) is 0 Å². The Kier molecular flexibility index (Phi) is 6.32. The third kappa shape index (κ3) is 3.80. The van der Waals surface area contributed by atoms with Crippen LogP contribution in [0.15, 0.2) is 4.99 Å². The highest BCUT2D eigenvalue weighted by atomic mass is 32.2. The maximum atomic E-state index is 11.6. The Morgan fingerprint density at radius 3 is 2.83 bits per heavy atom. The summed E-state index contributed by atoms with van der Waals surface area (Å²) in [7, 11) is 3.22. The second-order valence-corrected chi connectivity index (χ2v) is 5.46. The first-order valence-corrected chi connectivity index (χ1v) is 7.55. The lowest BCUT2D eigenvalue weighted by Crippen LogP contribution is -2.41. The van der Waals surface area contributed by atoms with Gasteiger partial charge in [-0.2, -0.15) is 11.8 Å². The minimum absolute atomic E-state index is 0.0471. The molecule has 1 N–H and O–H groups in total. The highest BCUT2D eigenvalue weighted by molar-refractivity contribution is 7.98. The van der Waals surface area contributed by atoms with E-state index in [4.69, 9.17) is 4.74 Å². The number of nitrogens with zero attached hydrogens (tertiary/aromatic N) is 2. The molecule has 1 aliphatic heterocycles. The number of thioether (sulfide) groups is 1. The molecular weight excluding hydrogens is 250 g/mol. The molecule has 0 aromatic rings. The Morgan fingerprint density at radius 1 is 1.56 bits per heavy atom. The molecule has 1 saturated heterocycles. The number of likely N-dealkylation sites (tertiary alicyclic amines) is 1. The number of esters is 1. The van der Waals surface area contributed by atoms with Crippen LogP contribution in [-0.4, -0.2) is 62.6 Å². The summed E-state index contributed by atoms with van der Waals surface area (Å²) in [5.74, 6) is 2.06. The number of carbonyl (C=O) groups is 1. The number of hydrogen-bond acceptors (Lipinski definition) is 4. The molecule has 0 aliphatic carbocycles. The topological polar surface area (TPSA) is 53.9 Å². The second kappa shape index (κ2) is 7.51. The van der Waals surface area contributed by atoms with Crippen molar-refractivity contribution in [3.05, 3.63) is 0 Å². The van der Waals surface area contributed by atoms with Crippen molar-refractivity contribution in [2.75, 3.05) is 45.8 Å². The monoisotopic (exact) mass is 273 g/mol. The zero-order chi connectivity index (χ0) is 13.5. The van der Waals surface area contributed by atoms with Gasteiger partial charge in [0.1, 0.15) is 0 Å². The SMILES string of the molecule is CN=C(NCCSC)N1CC(C)C(C(=O)OC)C1. The summed E-state index contributed by atoms with van der Waals surface area (Å²) in [6, 6.07) is 0.